The molecule has 142 valence electrons. The van der Waals surface area contributed by atoms with E-state index in [2.05, 4.69) is 22.5 Å². The highest BCUT2D eigenvalue weighted by Gasteiger charge is 2.21. The van der Waals surface area contributed by atoms with E-state index < -0.39 is 0 Å². The maximum Gasteiger partial charge on any atom is 0.191 e. The standard InChI is InChI=1S/C19H31N3O2.HI/c1-14-7-5-6-8-16(14)13-22-19(20-2)21-12-15-9-10-17(23-3)18(11-15)24-4;/h9-11,14,16H,5-8,12-13H2,1-4H3,(H2,20,21,22);1H. The lowest BCUT2D eigenvalue weighted by Crippen LogP contribution is -2.41. The van der Waals surface area contributed by atoms with Crippen molar-refractivity contribution in [3.63, 3.8) is 0 Å². The van der Waals surface area contributed by atoms with Crippen LogP contribution < -0.4 is 20.1 Å². The van der Waals surface area contributed by atoms with Gasteiger partial charge in [0.25, 0.3) is 0 Å². The number of aliphatic imine (C=N–C) groups is 1. The number of nitrogens with one attached hydrogen (secondary N) is 2. The fraction of sp³-hybridized carbons (Fsp3) is 0.632. The van der Waals surface area contributed by atoms with Crippen molar-refractivity contribution in [3.05, 3.63) is 23.8 Å². The Kier molecular flexibility index (Phi) is 10.0. The van der Waals surface area contributed by atoms with E-state index in [1.165, 1.54) is 25.7 Å². The van der Waals surface area contributed by atoms with E-state index in [4.69, 9.17) is 9.47 Å². The summed E-state index contributed by atoms with van der Waals surface area (Å²) < 4.78 is 10.6. The smallest absolute Gasteiger partial charge is 0.191 e. The summed E-state index contributed by atoms with van der Waals surface area (Å²) in [7, 11) is 5.11. The maximum absolute atomic E-state index is 5.35. The van der Waals surface area contributed by atoms with Crippen LogP contribution in [0.25, 0.3) is 0 Å². The van der Waals surface area contributed by atoms with Crippen molar-refractivity contribution in [1.82, 2.24) is 10.6 Å². The zero-order valence-corrected chi connectivity index (χ0v) is 18.1. The van der Waals surface area contributed by atoms with E-state index in [0.29, 0.717) is 6.54 Å². The van der Waals surface area contributed by atoms with Crippen LogP contribution in [0.2, 0.25) is 0 Å². The topological polar surface area (TPSA) is 54.9 Å². The van der Waals surface area contributed by atoms with Crippen LogP contribution in [0.5, 0.6) is 11.5 Å². The summed E-state index contributed by atoms with van der Waals surface area (Å²) in [5.41, 5.74) is 1.13. The molecule has 2 rings (SSSR count). The summed E-state index contributed by atoms with van der Waals surface area (Å²) in [6, 6.07) is 5.95. The van der Waals surface area contributed by atoms with Gasteiger partial charge in [-0.3, -0.25) is 4.99 Å². The van der Waals surface area contributed by atoms with Crippen molar-refractivity contribution in [1.29, 1.82) is 0 Å². The Morgan fingerprint density at radius 1 is 1.12 bits per heavy atom. The summed E-state index contributed by atoms with van der Waals surface area (Å²) in [5.74, 6) is 3.89. The van der Waals surface area contributed by atoms with Gasteiger partial charge in [0.1, 0.15) is 0 Å². The van der Waals surface area contributed by atoms with Gasteiger partial charge in [-0.2, -0.15) is 0 Å². The normalized spacial score (nSPS) is 20.4. The summed E-state index contributed by atoms with van der Waals surface area (Å²) >= 11 is 0. The predicted molar refractivity (Wildman–Crippen MR) is 114 cm³/mol. The average Bonchev–Trinajstić information content (AvgIpc) is 2.62. The molecule has 1 aromatic rings. The second-order valence-electron chi connectivity index (χ2n) is 6.52. The number of ether oxygens (including phenoxy) is 2. The largest absolute Gasteiger partial charge is 0.493 e. The highest BCUT2D eigenvalue weighted by Crippen LogP contribution is 2.29. The van der Waals surface area contributed by atoms with Crippen molar-refractivity contribution in [3.8, 4) is 11.5 Å². The van der Waals surface area contributed by atoms with Gasteiger partial charge in [-0.05, 0) is 36.0 Å². The zero-order valence-electron chi connectivity index (χ0n) is 15.8. The Balaban J connectivity index is 0.00000312. The molecular formula is C19H32IN3O2. The molecule has 2 unspecified atom stereocenters. The third-order valence-corrected chi connectivity index (χ3v) is 4.95. The second-order valence-corrected chi connectivity index (χ2v) is 6.52. The SMILES string of the molecule is CN=C(NCc1ccc(OC)c(OC)c1)NCC1CCCCC1C.I. The Labute approximate surface area is 169 Å². The van der Waals surface area contributed by atoms with Crippen LogP contribution in [0.3, 0.4) is 0 Å². The number of halogens is 1. The Hall–Kier alpha value is -1.18. The molecule has 0 saturated heterocycles. The van der Waals surface area contributed by atoms with Crippen LogP contribution in [-0.2, 0) is 6.54 Å². The number of guanidine groups is 1. The van der Waals surface area contributed by atoms with Crippen molar-refractivity contribution < 1.29 is 9.47 Å². The summed E-state index contributed by atoms with van der Waals surface area (Å²) in [6.45, 7) is 4.05. The molecule has 0 aromatic heterocycles. The van der Waals surface area contributed by atoms with E-state index in [1.807, 2.05) is 25.2 Å². The molecule has 1 aromatic carbocycles. The van der Waals surface area contributed by atoms with Crippen LogP contribution >= 0.6 is 24.0 Å². The monoisotopic (exact) mass is 461 g/mol. The fourth-order valence-corrected chi connectivity index (χ4v) is 3.32. The quantitative estimate of drug-likeness (QED) is 0.385. The van der Waals surface area contributed by atoms with Crippen molar-refractivity contribution in [2.75, 3.05) is 27.8 Å². The van der Waals surface area contributed by atoms with Crippen LogP contribution in [-0.4, -0.2) is 33.8 Å². The zero-order chi connectivity index (χ0) is 17.4. The minimum Gasteiger partial charge on any atom is -0.493 e. The number of nitrogens with zero attached hydrogens (tertiary/aromatic N) is 1. The molecule has 1 saturated carbocycles. The first-order valence-electron chi connectivity index (χ1n) is 8.83. The number of methoxy groups -OCH3 is 2. The van der Waals surface area contributed by atoms with E-state index in [1.54, 1.807) is 14.2 Å². The first kappa shape index (κ1) is 21.9. The van der Waals surface area contributed by atoms with Gasteiger partial charge in [0.2, 0.25) is 0 Å². The Morgan fingerprint density at radius 3 is 2.48 bits per heavy atom. The first-order chi connectivity index (χ1) is 11.7. The molecule has 0 spiro atoms. The highest BCUT2D eigenvalue weighted by atomic mass is 127. The van der Waals surface area contributed by atoms with Crippen LogP contribution in [0.4, 0.5) is 0 Å². The molecule has 2 atom stereocenters. The van der Waals surface area contributed by atoms with Gasteiger partial charge in [-0.1, -0.05) is 32.3 Å². The Morgan fingerprint density at radius 2 is 1.84 bits per heavy atom. The highest BCUT2D eigenvalue weighted by molar-refractivity contribution is 14.0. The average molecular weight is 461 g/mol. The van der Waals surface area contributed by atoms with E-state index in [-0.39, 0.29) is 24.0 Å². The van der Waals surface area contributed by atoms with Gasteiger partial charge in [0.05, 0.1) is 14.2 Å². The molecule has 1 aliphatic carbocycles. The summed E-state index contributed by atoms with van der Waals surface area (Å²) in [4.78, 5) is 4.33. The number of rotatable bonds is 6. The van der Waals surface area contributed by atoms with Gasteiger partial charge in [-0.25, -0.2) is 0 Å². The van der Waals surface area contributed by atoms with E-state index >= 15 is 0 Å². The minimum absolute atomic E-state index is 0. The molecule has 0 bridgehead atoms. The summed E-state index contributed by atoms with van der Waals surface area (Å²) in [5, 5.41) is 6.85. The molecule has 6 heteroatoms. The molecule has 2 N–H and O–H groups in total. The Bertz CT molecular complexity index is 551. The minimum atomic E-state index is 0. The predicted octanol–water partition coefficient (Wildman–Crippen LogP) is 3.81. The van der Waals surface area contributed by atoms with E-state index in [0.717, 1.165) is 41.4 Å². The third kappa shape index (κ3) is 6.56. The number of hydrogen-bond donors (Lipinski definition) is 2. The molecule has 0 radical (unpaired) electrons. The lowest BCUT2D eigenvalue weighted by atomic mass is 9.80. The van der Waals surface area contributed by atoms with Crippen molar-refractivity contribution in [2.24, 2.45) is 16.8 Å². The van der Waals surface area contributed by atoms with Gasteiger partial charge >= 0.3 is 0 Å². The molecular weight excluding hydrogens is 429 g/mol. The second kappa shape index (κ2) is 11.4. The third-order valence-electron chi connectivity index (χ3n) is 4.95. The van der Waals surface area contributed by atoms with Gasteiger partial charge in [-0.15, -0.1) is 24.0 Å². The number of hydrogen-bond acceptors (Lipinski definition) is 3. The first-order valence-corrected chi connectivity index (χ1v) is 8.83. The van der Waals surface area contributed by atoms with Gasteiger partial charge in [0.15, 0.2) is 17.5 Å². The van der Waals surface area contributed by atoms with Crippen LogP contribution in [0.15, 0.2) is 23.2 Å². The summed E-state index contributed by atoms with van der Waals surface area (Å²) in [6.07, 6.45) is 5.41. The van der Waals surface area contributed by atoms with Gasteiger partial charge < -0.3 is 20.1 Å². The lowest BCUT2D eigenvalue weighted by Gasteiger charge is -2.29. The molecule has 0 amide bonds. The molecule has 1 fully saturated rings. The van der Waals surface area contributed by atoms with Gasteiger partial charge in [0, 0.05) is 20.1 Å². The number of benzene rings is 1. The van der Waals surface area contributed by atoms with Crippen molar-refractivity contribution in [2.45, 2.75) is 39.2 Å². The van der Waals surface area contributed by atoms with E-state index in [9.17, 15) is 0 Å². The molecule has 0 aliphatic heterocycles. The maximum atomic E-state index is 5.35. The fourth-order valence-electron chi connectivity index (χ4n) is 3.32. The van der Waals surface area contributed by atoms with Crippen LogP contribution in [0, 0.1) is 11.8 Å². The lowest BCUT2D eigenvalue weighted by molar-refractivity contribution is 0.256. The van der Waals surface area contributed by atoms with Crippen LogP contribution in [0.1, 0.15) is 38.2 Å². The molecule has 0 heterocycles. The molecule has 1 aliphatic rings. The molecule has 5 nitrogen and oxygen atoms in total. The van der Waals surface area contributed by atoms with Crippen molar-refractivity contribution >= 4 is 29.9 Å². The molecule has 25 heavy (non-hydrogen) atoms.